The molecule has 2 aliphatic rings. The highest BCUT2D eigenvalue weighted by Crippen LogP contribution is 2.47. The van der Waals surface area contributed by atoms with Crippen molar-refractivity contribution in [2.24, 2.45) is 5.73 Å². The van der Waals surface area contributed by atoms with Gasteiger partial charge in [0.05, 0.1) is 11.4 Å². The Morgan fingerprint density at radius 3 is 2.61 bits per heavy atom. The molecule has 124 valence electrons. The zero-order valence-corrected chi connectivity index (χ0v) is 12.7. The fraction of sp³-hybridized carbons (Fsp3) is 0.300. The van der Waals surface area contributed by atoms with E-state index in [0.29, 0.717) is 5.06 Å². The van der Waals surface area contributed by atoms with Crippen LogP contribution in [-0.2, 0) is 19.5 Å². The van der Waals surface area contributed by atoms with Crippen LogP contribution < -0.4 is 5.73 Å². The van der Waals surface area contributed by atoms with Gasteiger partial charge in [0, 0.05) is 4.88 Å². The van der Waals surface area contributed by atoms with Crippen LogP contribution in [0.2, 0.25) is 0 Å². The van der Waals surface area contributed by atoms with Crippen LogP contribution in [0.3, 0.4) is 0 Å². The van der Waals surface area contributed by atoms with Gasteiger partial charge in [-0.15, -0.1) is 15.6 Å². The quantitative estimate of drug-likeness (QED) is 0.602. The molecule has 1 fully saturated rings. The Morgan fingerprint density at radius 2 is 2.09 bits per heavy atom. The molecule has 3 rings (SSSR count). The second kappa shape index (κ2) is 4.89. The summed E-state index contributed by atoms with van der Waals surface area (Å²) >= 11 is 0.806. The minimum absolute atomic E-state index is 0.0641. The van der Waals surface area contributed by atoms with Crippen molar-refractivity contribution in [1.29, 1.82) is 0 Å². The van der Waals surface area contributed by atoms with Gasteiger partial charge in [0.2, 0.25) is 0 Å². The average Bonchev–Trinajstić information content (AvgIpc) is 2.94. The third-order valence-electron chi connectivity index (χ3n) is 3.45. The third kappa shape index (κ3) is 2.42. The number of thiophene rings is 1. The molecule has 4 N–H and O–H groups in total. The van der Waals surface area contributed by atoms with Gasteiger partial charge in [-0.3, -0.25) is 9.35 Å². The molecule has 2 aliphatic heterocycles. The second-order valence-electron chi connectivity index (χ2n) is 4.81. The summed E-state index contributed by atoms with van der Waals surface area (Å²) in [7, 11) is -4.99. The molecule has 0 aromatic carbocycles. The van der Waals surface area contributed by atoms with Crippen LogP contribution in [0.1, 0.15) is 32.2 Å². The van der Waals surface area contributed by atoms with Gasteiger partial charge in [-0.25, -0.2) is 9.59 Å². The molecule has 11 nitrogen and oxygen atoms in total. The molecule has 1 aromatic rings. The molecule has 13 heteroatoms. The Balaban J connectivity index is 2.13. The van der Waals surface area contributed by atoms with Gasteiger partial charge in [-0.1, -0.05) is 0 Å². The predicted molar refractivity (Wildman–Crippen MR) is 72.5 cm³/mol. The van der Waals surface area contributed by atoms with Crippen LogP contribution in [-0.4, -0.2) is 52.5 Å². The predicted octanol–water partition coefficient (Wildman–Crippen LogP) is -0.501. The van der Waals surface area contributed by atoms with E-state index in [9.17, 15) is 27.9 Å². The summed E-state index contributed by atoms with van der Waals surface area (Å²) in [6, 6.07) is -2.12. The number of urea groups is 1. The Morgan fingerprint density at radius 1 is 1.43 bits per heavy atom. The fourth-order valence-electron chi connectivity index (χ4n) is 2.63. The molecule has 1 aromatic heterocycles. The van der Waals surface area contributed by atoms with E-state index in [1.807, 2.05) is 0 Å². The summed E-state index contributed by atoms with van der Waals surface area (Å²) in [6.45, 7) is -0.173. The first-order chi connectivity index (χ1) is 10.6. The first kappa shape index (κ1) is 15.7. The first-order valence-corrected chi connectivity index (χ1v) is 8.21. The van der Waals surface area contributed by atoms with Gasteiger partial charge in [0.25, 0.3) is 5.91 Å². The zero-order valence-electron chi connectivity index (χ0n) is 11.1. The Bertz CT molecular complexity index is 831. The highest BCUT2D eigenvalue weighted by atomic mass is 32.3. The van der Waals surface area contributed by atoms with E-state index in [-0.39, 0.29) is 21.9 Å². The lowest BCUT2D eigenvalue weighted by atomic mass is 9.99. The monoisotopic (exact) mass is 363 g/mol. The lowest BCUT2D eigenvalue weighted by molar-refractivity contribution is -0.142. The summed E-state index contributed by atoms with van der Waals surface area (Å²) in [5.41, 5.74) is 5.41. The van der Waals surface area contributed by atoms with Gasteiger partial charge in [0.15, 0.2) is 6.04 Å². The van der Waals surface area contributed by atoms with Gasteiger partial charge >= 0.3 is 22.4 Å². The fourth-order valence-corrected chi connectivity index (χ4v) is 4.17. The minimum Gasteiger partial charge on any atom is -0.479 e. The number of primary amides is 1. The van der Waals surface area contributed by atoms with Crippen LogP contribution in [0, 0.1) is 0 Å². The van der Waals surface area contributed by atoms with Crippen molar-refractivity contribution in [1.82, 2.24) is 9.96 Å². The van der Waals surface area contributed by atoms with Crippen LogP contribution in [0.4, 0.5) is 4.79 Å². The molecule has 23 heavy (non-hydrogen) atoms. The van der Waals surface area contributed by atoms with E-state index in [1.165, 1.54) is 6.07 Å². The number of carbonyl (C=O) groups is 3. The number of aliphatic carboxylic acids is 1. The summed E-state index contributed by atoms with van der Waals surface area (Å²) in [5.74, 6) is -2.14. The smallest absolute Gasteiger partial charge is 0.418 e. The number of nitrogens with two attached hydrogens (primary N) is 1. The van der Waals surface area contributed by atoms with Crippen LogP contribution in [0.5, 0.6) is 0 Å². The second-order valence-corrected chi connectivity index (χ2v) is 6.90. The van der Waals surface area contributed by atoms with Crippen molar-refractivity contribution in [3.63, 3.8) is 0 Å². The van der Waals surface area contributed by atoms with E-state index in [4.69, 9.17) is 10.3 Å². The maximum atomic E-state index is 12.2. The number of hydroxylamine groups is 2. The number of amides is 3. The summed E-state index contributed by atoms with van der Waals surface area (Å²) in [5, 5.41) is 9.73. The molecular formula is C10H9N3O8S2. The number of nitrogens with zero attached hydrogens (tertiary/aromatic N) is 2. The van der Waals surface area contributed by atoms with Crippen molar-refractivity contribution >= 4 is 39.6 Å². The molecule has 2 atom stereocenters. The van der Waals surface area contributed by atoms with E-state index in [1.54, 1.807) is 0 Å². The Kier molecular flexibility index (Phi) is 3.33. The SMILES string of the molecule is NC(=O)c1cc2c(s1)C(C(=O)O)N1C[C@H]2N(OS(=O)(=O)O)C1=O. The lowest BCUT2D eigenvalue weighted by Gasteiger charge is -2.27. The van der Waals surface area contributed by atoms with E-state index in [0.717, 1.165) is 16.2 Å². The molecule has 3 heterocycles. The Hall–Kier alpha value is -2.22. The van der Waals surface area contributed by atoms with Gasteiger partial charge < -0.3 is 15.7 Å². The molecule has 2 bridgehead atoms. The molecule has 0 saturated carbocycles. The van der Waals surface area contributed by atoms with E-state index < -0.39 is 40.4 Å². The maximum absolute atomic E-state index is 12.2. The minimum atomic E-state index is -4.99. The summed E-state index contributed by atoms with van der Waals surface area (Å²) in [6.07, 6.45) is 0. The Labute approximate surface area is 132 Å². The molecule has 1 saturated heterocycles. The van der Waals surface area contributed by atoms with Crippen molar-refractivity contribution < 1.29 is 36.7 Å². The molecule has 1 unspecified atom stereocenters. The number of hydrogen-bond acceptors (Lipinski definition) is 7. The largest absolute Gasteiger partial charge is 0.479 e. The summed E-state index contributed by atoms with van der Waals surface area (Å²) in [4.78, 5) is 36.1. The number of carboxylic acids is 1. The third-order valence-corrected chi connectivity index (χ3v) is 5.02. The molecule has 0 aliphatic carbocycles. The first-order valence-electron chi connectivity index (χ1n) is 6.03. The number of carboxylic acid groups (broad SMARTS) is 1. The van der Waals surface area contributed by atoms with Gasteiger partial charge in [-0.2, -0.15) is 13.5 Å². The highest BCUT2D eigenvalue weighted by molar-refractivity contribution is 7.80. The normalized spacial score (nSPS) is 23.1. The van der Waals surface area contributed by atoms with Crippen LogP contribution >= 0.6 is 11.3 Å². The average molecular weight is 363 g/mol. The standard InChI is InChI=1S/C10H9N3O8S2/c11-8(14)5-1-3-4-2-12(6(9(15)16)7(3)22-5)10(17)13(4)21-23(18,19)20/h1,4,6H,2H2,(H2,11,14)(H,15,16)(H,18,19,20)/t4-,6?/m1/s1. The number of carbonyl (C=O) groups excluding carboxylic acids is 2. The molecule has 0 spiro atoms. The summed E-state index contributed by atoms with van der Waals surface area (Å²) < 4.78 is 34.8. The van der Waals surface area contributed by atoms with Crippen molar-refractivity contribution in [3.8, 4) is 0 Å². The molecule has 3 amide bonds. The zero-order chi connectivity index (χ0) is 17.1. The van der Waals surface area contributed by atoms with Crippen LogP contribution in [0.15, 0.2) is 6.07 Å². The van der Waals surface area contributed by atoms with E-state index >= 15 is 0 Å². The number of fused-ring (bicyclic) bond motifs is 4. The highest BCUT2D eigenvalue weighted by Gasteiger charge is 2.53. The number of hydrogen-bond donors (Lipinski definition) is 3. The molecular weight excluding hydrogens is 354 g/mol. The topological polar surface area (TPSA) is 168 Å². The van der Waals surface area contributed by atoms with Crippen molar-refractivity contribution in [2.45, 2.75) is 12.1 Å². The molecule has 0 radical (unpaired) electrons. The lowest BCUT2D eigenvalue weighted by Crippen LogP contribution is -2.38. The van der Waals surface area contributed by atoms with Crippen molar-refractivity contribution in [3.05, 3.63) is 21.4 Å². The van der Waals surface area contributed by atoms with Crippen molar-refractivity contribution in [2.75, 3.05) is 6.54 Å². The van der Waals surface area contributed by atoms with E-state index in [2.05, 4.69) is 4.28 Å². The number of rotatable bonds is 4. The van der Waals surface area contributed by atoms with Gasteiger partial charge in [-0.05, 0) is 11.6 Å². The van der Waals surface area contributed by atoms with Crippen LogP contribution in [0.25, 0.3) is 0 Å². The van der Waals surface area contributed by atoms with Gasteiger partial charge in [0.1, 0.15) is 6.04 Å². The maximum Gasteiger partial charge on any atom is 0.418 e.